The van der Waals surface area contributed by atoms with Gasteiger partial charge in [0.1, 0.15) is 0 Å². The molecule has 0 bridgehead atoms. The van der Waals surface area contributed by atoms with Crippen molar-refractivity contribution in [1.29, 1.82) is 0 Å². The van der Waals surface area contributed by atoms with Crippen molar-refractivity contribution in [1.82, 2.24) is 0 Å². The lowest BCUT2D eigenvalue weighted by atomic mass is 9.69. The zero-order chi connectivity index (χ0) is 26.1. The molecule has 3 aliphatic rings. The van der Waals surface area contributed by atoms with E-state index in [1.54, 1.807) is 0 Å². The van der Waals surface area contributed by atoms with Crippen LogP contribution in [0.2, 0.25) is 0 Å². The van der Waals surface area contributed by atoms with Crippen molar-refractivity contribution in [3.05, 3.63) is 148 Å². The van der Waals surface area contributed by atoms with Gasteiger partial charge in [0, 0.05) is 17.8 Å². The van der Waals surface area contributed by atoms with Crippen LogP contribution in [0, 0.1) is 5.92 Å². The summed E-state index contributed by atoms with van der Waals surface area (Å²) in [6.45, 7) is 20.1. The fraction of sp³-hybridized carbons (Fsp3) is 0.297. The number of hydrogen-bond donors (Lipinski definition) is 0. The Morgan fingerprint density at radius 2 is 1.78 bits per heavy atom. The van der Waals surface area contributed by atoms with Crippen molar-refractivity contribution in [2.24, 2.45) is 5.92 Å². The zero-order valence-electron chi connectivity index (χ0n) is 22.8. The summed E-state index contributed by atoms with van der Waals surface area (Å²) in [6.07, 6.45) is 14.5. The maximum absolute atomic E-state index is 4.74. The van der Waals surface area contributed by atoms with Crippen molar-refractivity contribution < 1.29 is 0 Å². The topological polar surface area (TPSA) is 0 Å². The molecule has 0 aromatic heterocycles. The molecular weight excluding hydrogens is 444 g/mol. The average Bonchev–Trinajstić information content (AvgIpc) is 3.40. The van der Waals surface area contributed by atoms with Gasteiger partial charge in [-0.15, -0.1) is 6.58 Å². The lowest BCUT2D eigenvalue weighted by molar-refractivity contribution is 0.619. The predicted octanol–water partition coefficient (Wildman–Crippen LogP) is 10.2. The van der Waals surface area contributed by atoms with Crippen LogP contribution in [-0.2, 0) is 6.42 Å². The quantitative estimate of drug-likeness (QED) is 0.327. The lowest BCUT2D eigenvalue weighted by Gasteiger charge is -2.34. The van der Waals surface area contributed by atoms with E-state index in [2.05, 4.69) is 101 Å². The molecule has 0 aliphatic heterocycles. The van der Waals surface area contributed by atoms with Crippen molar-refractivity contribution in [2.75, 3.05) is 0 Å². The van der Waals surface area contributed by atoms with Crippen molar-refractivity contribution in [2.45, 2.75) is 64.7 Å². The first-order valence-corrected chi connectivity index (χ1v) is 14.0. The minimum atomic E-state index is 0.279. The Labute approximate surface area is 224 Å². The van der Waals surface area contributed by atoms with Gasteiger partial charge >= 0.3 is 0 Å². The average molecular weight is 485 g/mol. The molecule has 37 heavy (non-hydrogen) atoms. The Balaban J connectivity index is 1.56. The van der Waals surface area contributed by atoms with E-state index in [-0.39, 0.29) is 5.92 Å². The Kier molecular flexibility index (Phi) is 7.20. The number of benzene rings is 2. The van der Waals surface area contributed by atoms with Gasteiger partial charge in [0.25, 0.3) is 0 Å². The highest BCUT2D eigenvalue weighted by atomic mass is 14.4. The molecule has 2 aromatic carbocycles. The number of fused-ring (bicyclic) bond motifs is 2. The van der Waals surface area contributed by atoms with E-state index in [0.29, 0.717) is 11.8 Å². The summed E-state index contributed by atoms with van der Waals surface area (Å²) >= 11 is 0. The van der Waals surface area contributed by atoms with Crippen LogP contribution < -0.4 is 0 Å². The van der Waals surface area contributed by atoms with E-state index in [9.17, 15) is 0 Å². The molecule has 0 heterocycles. The molecule has 0 radical (unpaired) electrons. The molecule has 188 valence electrons. The van der Waals surface area contributed by atoms with E-state index >= 15 is 0 Å². The number of rotatable bonds is 8. The highest BCUT2D eigenvalue weighted by Crippen LogP contribution is 2.55. The number of allylic oxidation sites excluding steroid dienone is 11. The molecule has 5 rings (SSSR count). The summed E-state index contributed by atoms with van der Waals surface area (Å²) in [7, 11) is 0. The van der Waals surface area contributed by atoms with Crippen molar-refractivity contribution in [3.63, 3.8) is 0 Å². The van der Waals surface area contributed by atoms with Crippen LogP contribution in [0.5, 0.6) is 0 Å². The highest BCUT2D eigenvalue weighted by Gasteiger charge is 2.41. The third-order valence-corrected chi connectivity index (χ3v) is 8.54. The van der Waals surface area contributed by atoms with Gasteiger partial charge in [-0.05, 0) is 82.7 Å². The summed E-state index contributed by atoms with van der Waals surface area (Å²) in [6, 6.07) is 18.2. The van der Waals surface area contributed by atoms with Gasteiger partial charge in [0.05, 0.1) is 0 Å². The van der Waals surface area contributed by atoms with Gasteiger partial charge in [-0.3, -0.25) is 0 Å². The van der Waals surface area contributed by atoms with E-state index < -0.39 is 0 Å². The smallest absolute Gasteiger partial charge is 0.0201 e. The SMILES string of the molecule is C=CCC1C=C(C=C2CC3=CC(C)=C(C(=C)CCC)C(c4ccc(CC)cc4)C3C2=C)c2ccccc21. The van der Waals surface area contributed by atoms with Gasteiger partial charge in [0.2, 0.25) is 0 Å². The normalized spacial score (nSPS) is 23.6. The van der Waals surface area contributed by atoms with E-state index in [1.165, 1.54) is 61.3 Å². The van der Waals surface area contributed by atoms with Gasteiger partial charge in [0.15, 0.2) is 0 Å². The van der Waals surface area contributed by atoms with Crippen LogP contribution in [0.4, 0.5) is 0 Å². The number of aryl methyl sites for hydroxylation is 1. The minimum Gasteiger partial charge on any atom is -0.103 e. The standard InChI is InChI=1S/C37H40/c1-7-12-24(4)35-25(5)20-32-23-30(22-31-21-29(13-8-2)33-14-10-11-15-34(31)33)26(6)36(32)37(35)28-18-16-27(9-3)17-19-28/h8,10-11,14-22,29,36-37H,2,4,6-7,9,12-13,23H2,1,3,5H3. The minimum absolute atomic E-state index is 0.279. The molecule has 3 aliphatic carbocycles. The third-order valence-electron chi connectivity index (χ3n) is 8.54. The van der Waals surface area contributed by atoms with Crippen LogP contribution in [0.25, 0.3) is 5.57 Å². The van der Waals surface area contributed by atoms with E-state index in [0.717, 1.165) is 32.1 Å². The second kappa shape index (κ2) is 10.5. The first-order valence-electron chi connectivity index (χ1n) is 14.0. The fourth-order valence-corrected chi connectivity index (χ4v) is 6.76. The lowest BCUT2D eigenvalue weighted by Crippen LogP contribution is -2.21. The molecule has 3 unspecified atom stereocenters. The molecule has 0 amide bonds. The van der Waals surface area contributed by atoms with Crippen LogP contribution in [-0.4, -0.2) is 0 Å². The predicted molar refractivity (Wildman–Crippen MR) is 161 cm³/mol. The van der Waals surface area contributed by atoms with Gasteiger partial charge in [-0.1, -0.05) is 117 Å². The van der Waals surface area contributed by atoms with Crippen LogP contribution in [0.15, 0.2) is 126 Å². The molecule has 3 atom stereocenters. The van der Waals surface area contributed by atoms with Gasteiger partial charge < -0.3 is 0 Å². The van der Waals surface area contributed by atoms with E-state index in [1.807, 2.05) is 6.08 Å². The maximum atomic E-state index is 4.74. The second-order valence-corrected chi connectivity index (χ2v) is 10.9. The van der Waals surface area contributed by atoms with Crippen LogP contribution >= 0.6 is 0 Å². The Morgan fingerprint density at radius 3 is 2.49 bits per heavy atom. The van der Waals surface area contributed by atoms with Crippen molar-refractivity contribution in [3.8, 4) is 0 Å². The molecule has 1 saturated carbocycles. The van der Waals surface area contributed by atoms with Crippen molar-refractivity contribution >= 4 is 5.57 Å². The monoisotopic (exact) mass is 484 g/mol. The molecule has 0 spiro atoms. The van der Waals surface area contributed by atoms with Crippen LogP contribution in [0.1, 0.15) is 80.5 Å². The third kappa shape index (κ3) is 4.59. The molecule has 0 saturated heterocycles. The first-order chi connectivity index (χ1) is 18.0. The summed E-state index contributed by atoms with van der Waals surface area (Å²) < 4.78 is 0. The molecule has 1 fully saturated rings. The van der Waals surface area contributed by atoms with E-state index in [4.69, 9.17) is 6.58 Å². The van der Waals surface area contributed by atoms with Gasteiger partial charge in [-0.2, -0.15) is 0 Å². The highest BCUT2D eigenvalue weighted by molar-refractivity contribution is 5.83. The summed E-state index contributed by atoms with van der Waals surface area (Å²) in [5.41, 5.74) is 15.1. The first kappa shape index (κ1) is 25.3. The molecule has 0 N–H and O–H groups in total. The Morgan fingerprint density at radius 1 is 1.03 bits per heavy atom. The molecule has 2 aromatic rings. The fourth-order valence-electron chi connectivity index (χ4n) is 6.76. The molecule has 0 nitrogen and oxygen atoms in total. The summed E-state index contributed by atoms with van der Waals surface area (Å²) in [5, 5.41) is 0. The second-order valence-electron chi connectivity index (χ2n) is 10.9. The Hall–Kier alpha value is -3.38. The van der Waals surface area contributed by atoms with Gasteiger partial charge in [-0.25, -0.2) is 0 Å². The van der Waals surface area contributed by atoms with Crippen LogP contribution in [0.3, 0.4) is 0 Å². The molecule has 0 heteroatoms. The summed E-state index contributed by atoms with van der Waals surface area (Å²) in [5.74, 6) is 0.989. The maximum Gasteiger partial charge on any atom is 0.0201 e. The summed E-state index contributed by atoms with van der Waals surface area (Å²) in [4.78, 5) is 0. The number of hydrogen-bond acceptors (Lipinski definition) is 0. The largest absolute Gasteiger partial charge is 0.103 e. The zero-order valence-corrected chi connectivity index (χ0v) is 22.8. The Bertz CT molecular complexity index is 1370. The molecular formula is C37H40.